The summed E-state index contributed by atoms with van der Waals surface area (Å²) in [4.78, 5) is 14.7. The van der Waals surface area contributed by atoms with Crippen LogP contribution in [0.2, 0.25) is 0 Å². The molecule has 0 radical (unpaired) electrons. The van der Waals surface area contributed by atoms with Crippen molar-refractivity contribution in [1.82, 2.24) is 15.5 Å². The van der Waals surface area contributed by atoms with E-state index >= 15 is 0 Å². The number of rotatable bonds is 2. The number of fused-ring (bicyclic) bond motifs is 2. The number of carbonyl (C=O) groups is 1. The van der Waals surface area contributed by atoms with Crippen LogP contribution in [-0.2, 0) is 9.53 Å². The van der Waals surface area contributed by atoms with Gasteiger partial charge in [-0.15, -0.1) is 0 Å². The van der Waals surface area contributed by atoms with Gasteiger partial charge < -0.3 is 20.3 Å². The molecule has 2 N–H and O–H groups in total. The molecule has 3 unspecified atom stereocenters. The second-order valence-electron chi connectivity index (χ2n) is 6.16. The first-order chi connectivity index (χ1) is 9.24. The number of piperidine rings is 2. The topological polar surface area (TPSA) is 53.6 Å². The highest BCUT2D eigenvalue weighted by atomic mass is 16.5. The molecule has 108 valence electrons. The van der Waals surface area contributed by atoms with Gasteiger partial charge in [0.2, 0.25) is 5.91 Å². The molecule has 3 aliphatic rings. The summed E-state index contributed by atoms with van der Waals surface area (Å²) in [6.45, 7) is 1.99. The Morgan fingerprint density at radius 1 is 1.32 bits per heavy atom. The second kappa shape index (κ2) is 5.77. The van der Waals surface area contributed by atoms with Gasteiger partial charge in [0.05, 0.1) is 13.2 Å². The summed E-state index contributed by atoms with van der Waals surface area (Å²) >= 11 is 0. The highest BCUT2D eigenvalue weighted by molar-refractivity contribution is 5.82. The number of nitrogens with one attached hydrogen (secondary N) is 2. The first kappa shape index (κ1) is 13.3. The van der Waals surface area contributed by atoms with Crippen molar-refractivity contribution in [2.45, 2.75) is 56.3 Å². The number of hydrogen-bond donors (Lipinski definition) is 2. The molecule has 3 aliphatic heterocycles. The molecule has 19 heavy (non-hydrogen) atoms. The Bertz CT molecular complexity index is 317. The van der Waals surface area contributed by atoms with E-state index in [9.17, 15) is 4.79 Å². The smallest absolute Gasteiger partial charge is 0.239 e. The van der Waals surface area contributed by atoms with Crippen LogP contribution in [0.5, 0.6) is 0 Å². The molecule has 1 amide bonds. The fourth-order valence-corrected chi connectivity index (χ4v) is 3.77. The van der Waals surface area contributed by atoms with Gasteiger partial charge in [0.25, 0.3) is 0 Å². The van der Waals surface area contributed by atoms with Crippen molar-refractivity contribution < 1.29 is 9.53 Å². The van der Waals surface area contributed by atoms with Crippen molar-refractivity contribution in [2.75, 3.05) is 26.8 Å². The third-order valence-corrected chi connectivity index (χ3v) is 4.92. The van der Waals surface area contributed by atoms with Crippen LogP contribution >= 0.6 is 0 Å². The third-order valence-electron chi connectivity index (χ3n) is 4.92. The van der Waals surface area contributed by atoms with E-state index in [1.807, 2.05) is 0 Å². The lowest BCUT2D eigenvalue weighted by Gasteiger charge is -2.47. The Hall–Kier alpha value is -0.650. The van der Waals surface area contributed by atoms with Crippen LogP contribution in [0.25, 0.3) is 0 Å². The fraction of sp³-hybridized carbons (Fsp3) is 0.929. The van der Waals surface area contributed by atoms with Crippen molar-refractivity contribution in [3.8, 4) is 0 Å². The van der Waals surface area contributed by atoms with Gasteiger partial charge in [-0.3, -0.25) is 4.79 Å². The summed E-state index contributed by atoms with van der Waals surface area (Å²) in [7, 11) is 2.24. The lowest BCUT2D eigenvalue weighted by molar-refractivity contribution is -0.127. The predicted molar refractivity (Wildman–Crippen MR) is 73.0 cm³/mol. The van der Waals surface area contributed by atoms with Crippen molar-refractivity contribution in [3.63, 3.8) is 0 Å². The third kappa shape index (κ3) is 2.93. The van der Waals surface area contributed by atoms with Crippen LogP contribution in [0.1, 0.15) is 32.1 Å². The number of ether oxygens (including phenoxy) is 1. The molecule has 3 fully saturated rings. The van der Waals surface area contributed by atoms with Gasteiger partial charge in [0.1, 0.15) is 6.04 Å². The standard InChI is InChI=1S/C14H25N3O2/c1-17-11-3-2-4-12(17)8-10(7-11)16-14(18)13-9-19-6-5-15-13/h10-13,15H,2-9H2,1H3,(H,16,18). The average Bonchev–Trinajstić information content (AvgIpc) is 2.41. The van der Waals surface area contributed by atoms with Gasteiger partial charge in [0, 0.05) is 24.7 Å². The predicted octanol–water partition coefficient (Wildman–Crippen LogP) is 0.106. The SMILES string of the molecule is CN1C2CCCC1CC(NC(=O)C1COCCN1)C2. The van der Waals surface area contributed by atoms with Crippen molar-refractivity contribution in [2.24, 2.45) is 0 Å². The average molecular weight is 267 g/mol. The van der Waals surface area contributed by atoms with Crippen LogP contribution in [-0.4, -0.2) is 61.8 Å². The molecule has 0 aromatic heterocycles. The minimum absolute atomic E-state index is 0.118. The van der Waals surface area contributed by atoms with E-state index in [0.717, 1.165) is 19.4 Å². The molecule has 0 spiro atoms. The summed E-state index contributed by atoms with van der Waals surface area (Å²) in [5.74, 6) is 0.118. The largest absolute Gasteiger partial charge is 0.378 e. The maximum absolute atomic E-state index is 12.2. The Morgan fingerprint density at radius 2 is 2.05 bits per heavy atom. The van der Waals surface area contributed by atoms with E-state index < -0.39 is 0 Å². The maximum atomic E-state index is 12.2. The minimum atomic E-state index is -0.159. The molecule has 3 rings (SSSR count). The summed E-state index contributed by atoms with van der Waals surface area (Å²) in [5, 5.41) is 6.45. The van der Waals surface area contributed by atoms with E-state index in [-0.39, 0.29) is 11.9 Å². The second-order valence-corrected chi connectivity index (χ2v) is 6.16. The number of carbonyl (C=O) groups excluding carboxylic acids is 1. The zero-order valence-corrected chi connectivity index (χ0v) is 11.7. The Balaban J connectivity index is 1.54. The molecule has 0 saturated carbocycles. The van der Waals surface area contributed by atoms with E-state index in [0.29, 0.717) is 31.3 Å². The monoisotopic (exact) mass is 267 g/mol. The van der Waals surface area contributed by atoms with E-state index in [1.165, 1.54) is 19.3 Å². The molecule has 0 aromatic rings. The van der Waals surface area contributed by atoms with Crippen LogP contribution < -0.4 is 10.6 Å². The molecule has 5 nitrogen and oxygen atoms in total. The molecule has 5 heteroatoms. The van der Waals surface area contributed by atoms with Gasteiger partial charge in [-0.05, 0) is 32.7 Å². The first-order valence-corrected chi connectivity index (χ1v) is 7.57. The fourth-order valence-electron chi connectivity index (χ4n) is 3.77. The van der Waals surface area contributed by atoms with Crippen LogP contribution in [0.15, 0.2) is 0 Å². The van der Waals surface area contributed by atoms with Gasteiger partial charge in [-0.2, -0.15) is 0 Å². The van der Waals surface area contributed by atoms with Crippen molar-refractivity contribution in [1.29, 1.82) is 0 Å². The van der Waals surface area contributed by atoms with Crippen LogP contribution in [0.4, 0.5) is 0 Å². The van der Waals surface area contributed by atoms with E-state index in [2.05, 4.69) is 22.6 Å². The zero-order chi connectivity index (χ0) is 13.2. The number of nitrogens with zero attached hydrogens (tertiary/aromatic N) is 1. The molecular formula is C14H25N3O2. The molecule has 3 atom stereocenters. The summed E-state index contributed by atoms with van der Waals surface area (Å²) in [5.41, 5.74) is 0. The zero-order valence-electron chi connectivity index (χ0n) is 11.7. The highest BCUT2D eigenvalue weighted by Gasteiger charge is 2.37. The van der Waals surface area contributed by atoms with Crippen LogP contribution in [0, 0.1) is 0 Å². The lowest BCUT2D eigenvalue weighted by atomic mass is 9.82. The van der Waals surface area contributed by atoms with E-state index in [4.69, 9.17) is 4.74 Å². The van der Waals surface area contributed by atoms with Gasteiger partial charge >= 0.3 is 0 Å². The normalized spacial score (nSPS) is 39.8. The minimum Gasteiger partial charge on any atom is -0.378 e. The van der Waals surface area contributed by atoms with Crippen molar-refractivity contribution in [3.05, 3.63) is 0 Å². The van der Waals surface area contributed by atoms with Gasteiger partial charge in [-0.25, -0.2) is 0 Å². The number of amides is 1. The summed E-state index contributed by atoms with van der Waals surface area (Å²) in [6, 6.07) is 1.51. The summed E-state index contributed by atoms with van der Waals surface area (Å²) < 4.78 is 5.35. The molecule has 0 aliphatic carbocycles. The molecule has 3 heterocycles. The highest BCUT2D eigenvalue weighted by Crippen LogP contribution is 2.32. The maximum Gasteiger partial charge on any atom is 0.239 e. The molecule has 0 aromatic carbocycles. The quantitative estimate of drug-likeness (QED) is 0.745. The lowest BCUT2D eigenvalue weighted by Crippen LogP contribution is -2.58. The van der Waals surface area contributed by atoms with Crippen molar-refractivity contribution >= 4 is 5.91 Å². The molecular weight excluding hydrogens is 242 g/mol. The van der Waals surface area contributed by atoms with E-state index in [1.54, 1.807) is 0 Å². The number of hydrogen-bond acceptors (Lipinski definition) is 4. The van der Waals surface area contributed by atoms with Gasteiger partial charge in [0.15, 0.2) is 0 Å². The molecule has 2 bridgehead atoms. The van der Waals surface area contributed by atoms with Gasteiger partial charge in [-0.1, -0.05) is 6.42 Å². The Morgan fingerprint density at radius 3 is 2.68 bits per heavy atom. The first-order valence-electron chi connectivity index (χ1n) is 7.57. The summed E-state index contributed by atoms with van der Waals surface area (Å²) in [6.07, 6.45) is 6.12. The van der Waals surface area contributed by atoms with Crippen LogP contribution in [0.3, 0.4) is 0 Å². The number of morpholine rings is 1. The Labute approximate surface area is 115 Å². The Kier molecular flexibility index (Phi) is 4.05. The molecule has 3 saturated heterocycles.